The molecule has 2 aliphatic rings. The third-order valence-electron chi connectivity index (χ3n) is 9.02. The Morgan fingerprint density at radius 3 is 2.47 bits per heavy atom. The van der Waals surface area contributed by atoms with Crippen LogP contribution in [0.2, 0.25) is 0 Å². The van der Waals surface area contributed by atoms with Crippen LogP contribution in [0.5, 0.6) is 23.0 Å². The smallest absolute Gasteiger partial charge is 0.308 e. The molecule has 10 nitrogen and oxygen atoms in total. The zero-order valence-corrected chi connectivity index (χ0v) is 28.4. The van der Waals surface area contributed by atoms with E-state index < -0.39 is 23.8 Å². The van der Waals surface area contributed by atoms with Crippen molar-refractivity contribution in [1.29, 1.82) is 0 Å². The number of hydrogen-bond acceptors (Lipinski definition) is 7. The maximum Gasteiger partial charge on any atom is 0.308 e. The van der Waals surface area contributed by atoms with Crippen LogP contribution in [0.25, 0.3) is 0 Å². The van der Waals surface area contributed by atoms with E-state index >= 15 is 0 Å². The number of aliphatic carboxylic acids is 1. The van der Waals surface area contributed by atoms with Gasteiger partial charge in [-0.15, -0.1) is 0 Å². The van der Waals surface area contributed by atoms with Gasteiger partial charge in [0, 0.05) is 36.3 Å². The summed E-state index contributed by atoms with van der Waals surface area (Å²) >= 11 is 0. The number of likely N-dealkylation sites (tertiary alicyclic amines) is 1. The zero-order chi connectivity index (χ0) is 33.7. The van der Waals surface area contributed by atoms with Crippen LogP contribution >= 0.6 is 0 Å². The van der Waals surface area contributed by atoms with Crippen molar-refractivity contribution in [3.63, 3.8) is 0 Å². The van der Waals surface area contributed by atoms with Gasteiger partial charge in [-0.05, 0) is 54.3 Å². The predicted molar refractivity (Wildman–Crippen MR) is 180 cm³/mol. The summed E-state index contributed by atoms with van der Waals surface area (Å²) in [6, 6.07) is 19.1. The molecule has 252 valence electrons. The highest BCUT2D eigenvalue weighted by molar-refractivity contribution is 5.95. The zero-order valence-electron chi connectivity index (χ0n) is 28.4. The monoisotopic (exact) mass is 646 g/mol. The highest BCUT2D eigenvalue weighted by Gasteiger charge is 2.48. The summed E-state index contributed by atoms with van der Waals surface area (Å²) in [5, 5.41) is 10.8. The Hall–Kier alpha value is -4.28. The molecule has 3 atom stereocenters. The first-order chi connectivity index (χ1) is 22.5. The molecule has 3 aromatic rings. The Bertz CT molecular complexity index is 1570. The average molecular weight is 647 g/mol. The number of carbonyl (C=O) groups is 2. The van der Waals surface area contributed by atoms with Gasteiger partial charge in [-0.1, -0.05) is 43.7 Å². The van der Waals surface area contributed by atoms with E-state index in [-0.39, 0.29) is 19.2 Å². The summed E-state index contributed by atoms with van der Waals surface area (Å²) in [5.41, 5.74) is 3.68. The van der Waals surface area contributed by atoms with Gasteiger partial charge in [-0.3, -0.25) is 14.5 Å². The number of rotatable bonds is 14. The molecule has 5 rings (SSSR count). The number of quaternary nitrogens is 1. The molecule has 0 aromatic heterocycles. The number of ether oxygens (including phenoxy) is 4. The van der Waals surface area contributed by atoms with E-state index in [1.165, 1.54) is 0 Å². The number of para-hydroxylation sites is 1. The molecule has 0 radical (unpaired) electrons. The normalized spacial score (nSPS) is 19.1. The van der Waals surface area contributed by atoms with Crippen molar-refractivity contribution in [1.82, 2.24) is 4.90 Å². The van der Waals surface area contributed by atoms with Crippen molar-refractivity contribution in [2.75, 3.05) is 66.7 Å². The third-order valence-corrected chi connectivity index (χ3v) is 9.02. The van der Waals surface area contributed by atoms with Gasteiger partial charge in [0.25, 0.3) is 0 Å². The number of anilines is 1. The van der Waals surface area contributed by atoms with Crippen LogP contribution in [0.3, 0.4) is 0 Å². The number of fused-ring (bicyclic) bond motifs is 1. The molecule has 1 amide bonds. The van der Waals surface area contributed by atoms with Crippen LogP contribution < -0.4 is 23.8 Å². The third kappa shape index (κ3) is 7.82. The molecule has 0 bridgehead atoms. The van der Waals surface area contributed by atoms with E-state index in [9.17, 15) is 14.7 Å². The van der Waals surface area contributed by atoms with Gasteiger partial charge in [0.1, 0.15) is 12.3 Å². The molecule has 3 aromatic carbocycles. The van der Waals surface area contributed by atoms with Gasteiger partial charge in [-0.25, -0.2) is 0 Å². The Kier molecular flexibility index (Phi) is 10.6. The summed E-state index contributed by atoms with van der Waals surface area (Å²) in [4.78, 5) is 31.4. The topological polar surface area (TPSA) is 97.8 Å². The number of methoxy groups -OCH3 is 2. The van der Waals surface area contributed by atoms with Crippen LogP contribution in [0.15, 0.2) is 60.7 Å². The van der Waals surface area contributed by atoms with Crippen molar-refractivity contribution < 1.29 is 38.1 Å². The standard InChI is InChI=1S/C37H47N3O7/c1-7-8-16-39(28-14-11-12-25(17-28)23-40(2,3)4)34(41)22-38-21-29(27-19-32(45-6)36-33(20-27)46-24-47-36)35(37(42)43)30(38)18-26-13-9-10-15-31(26)44-5/h9-15,17,19-20,29-30,35H,7-8,16,18,21-24H2,1-6H3/p+1/t29-,30+,35?/m1/s1. The van der Waals surface area contributed by atoms with Crippen molar-refractivity contribution in [3.8, 4) is 23.0 Å². The molecule has 0 spiro atoms. The second kappa shape index (κ2) is 14.6. The molecule has 0 saturated carbocycles. The average Bonchev–Trinajstić information content (AvgIpc) is 3.65. The second-order valence-electron chi connectivity index (χ2n) is 13.5. The number of carbonyl (C=O) groups excluding carboxylic acids is 1. The summed E-state index contributed by atoms with van der Waals surface area (Å²) in [7, 11) is 9.61. The lowest BCUT2D eigenvalue weighted by Crippen LogP contribution is -2.45. The van der Waals surface area contributed by atoms with Crippen molar-refractivity contribution >= 4 is 17.6 Å². The molecular formula is C37H48N3O7+. The first kappa shape index (κ1) is 34.1. The number of unbranched alkanes of at least 4 members (excludes halogenated alkanes) is 1. The molecule has 47 heavy (non-hydrogen) atoms. The highest BCUT2D eigenvalue weighted by Crippen LogP contribution is 2.47. The van der Waals surface area contributed by atoms with Gasteiger partial charge in [-0.2, -0.15) is 0 Å². The molecule has 0 aliphatic carbocycles. The Labute approximate surface area is 278 Å². The van der Waals surface area contributed by atoms with Crippen LogP contribution in [0.4, 0.5) is 5.69 Å². The first-order valence-corrected chi connectivity index (χ1v) is 16.3. The SMILES string of the molecule is CCCCN(C(=O)CN1C[C@H](c2cc(OC)c3c(c2)OCO3)C(C(=O)O)[C@@H]1Cc1ccccc1OC)c1cccc(C[N+](C)(C)C)c1. The molecule has 1 unspecified atom stereocenters. The fraction of sp³-hybridized carbons (Fsp3) is 0.459. The first-order valence-electron chi connectivity index (χ1n) is 16.3. The van der Waals surface area contributed by atoms with E-state index in [4.69, 9.17) is 18.9 Å². The van der Waals surface area contributed by atoms with Crippen molar-refractivity contribution in [2.45, 2.75) is 44.7 Å². The highest BCUT2D eigenvalue weighted by atomic mass is 16.7. The number of benzene rings is 3. The van der Waals surface area contributed by atoms with E-state index in [1.807, 2.05) is 58.3 Å². The quantitative estimate of drug-likeness (QED) is 0.239. The van der Waals surface area contributed by atoms with Gasteiger partial charge < -0.3 is 33.4 Å². The summed E-state index contributed by atoms with van der Waals surface area (Å²) < 4.78 is 23.3. The van der Waals surface area contributed by atoms with Crippen molar-refractivity contribution in [3.05, 3.63) is 77.4 Å². The number of nitrogens with zero attached hydrogens (tertiary/aromatic N) is 3. The summed E-state index contributed by atoms with van der Waals surface area (Å²) in [6.45, 7) is 4.04. The minimum atomic E-state index is -0.919. The number of hydrogen-bond donors (Lipinski definition) is 1. The molecular weight excluding hydrogens is 598 g/mol. The van der Waals surface area contributed by atoms with Gasteiger partial charge >= 0.3 is 5.97 Å². The number of amides is 1. The Morgan fingerprint density at radius 2 is 1.77 bits per heavy atom. The lowest BCUT2D eigenvalue weighted by Gasteiger charge is -2.30. The molecule has 1 N–H and O–H groups in total. The van der Waals surface area contributed by atoms with Crippen LogP contribution in [-0.4, -0.2) is 94.2 Å². The lowest BCUT2D eigenvalue weighted by atomic mass is 9.83. The van der Waals surface area contributed by atoms with Crippen LogP contribution in [0.1, 0.15) is 42.4 Å². The van der Waals surface area contributed by atoms with E-state index in [0.717, 1.165) is 46.2 Å². The molecule has 10 heteroatoms. The number of carboxylic acids is 1. The lowest BCUT2D eigenvalue weighted by molar-refractivity contribution is -0.884. The van der Waals surface area contributed by atoms with Gasteiger partial charge in [0.15, 0.2) is 11.5 Å². The van der Waals surface area contributed by atoms with E-state index in [0.29, 0.717) is 42.5 Å². The maximum atomic E-state index is 14.3. The fourth-order valence-corrected chi connectivity index (χ4v) is 6.89. The van der Waals surface area contributed by atoms with Crippen molar-refractivity contribution in [2.24, 2.45) is 5.92 Å². The molecule has 1 fully saturated rings. The molecule has 2 aliphatic heterocycles. The van der Waals surface area contributed by atoms with Crippen LogP contribution in [0, 0.1) is 5.92 Å². The fourth-order valence-electron chi connectivity index (χ4n) is 6.89. The summed E-state index contributed by atoms with van der Waals surface area (Å²) in [5.74, 6) is 0.00665. The minimum absolute atomic E-state index is 0.0565. The second-order valence-corrected chi connectivity index (χ2v) is 13.5. The number of carboxylic acid groups (broad SMARTS) is 1. The molecule has 1 saturated heterocycles. The minimum Gasteiger partial charge on any atom is -0.496 e. The van der Waals surface area contributed by atoms with Gasteiger partial charge in [0.05, 0.1) is 47.8 Å². The largest absolute Gasteiger partial charge is 0.496 e. The van der Waals surface area contributed by atoms with Gasteiger partial charge in [0.2, 0.25) is 18.4 Å². The Morgan fingerprint density at radius 1 is 1.00 bits per heavy atom. The van der Waals surface area contributed by atoms with E-state index in [2.05, 4.69) is 40.2 Å². The predicted octanol–water partition coefficient (Wildman–Crippen LogP) is 5.18. The Balaban J connectivity index is 1.52. The van der Waals surface area contributed by atoms with Crippen LogP contribution in [-0.2, 0) is 22.6 Å². The summed E-state index contributed by atoms with van der Waals surface area (Å²) in [6.07, 6.45) is 2.20. The molecule has 2 heterocycles. The van der Waals surface area contributed by atoms with E-state index in [1.54, 1.807) is 14.2 Å². The maximum absolute atomic E-state index is 14.3.